The minimum Gasteiger partial charge on any atom is -0.380 e. The Kier molecular flexibility index (Phi) is 5.67. The Morgan fingerprint density at radius 1 is 1.26 bits per heavy atom. The molecule has 0 aromatic heterocycles. The van der Waals surface area contributed by atoms with E-state index in [-0.39, 0.29) is 0 Å². The number of methoxy groups -OCH3 is 2. The van der Waals surface area contributed by atoms with E-state index in [0.717, 1.165) is 23.0 Å². The van der Waals surface area contributed by atoms with Crippen molar-refractivity contribution in [1.82, 2.24) is 0 Å². The van der Waals surface area contributed by atoms with Gasteiger partial charge < -0.3 is 14.8 Å². The van der Waals surface area contributed by atoms with E-state index in [9.17, 15) is 0 Å². The van der Waals surface area contributed by atoms with Gasteiger partial charge in [-0.15, -0.1) is 0 Å². The van der Waals surface area contributed by atoms with Crippen LogP contribution in [0.2, 0.25) is 0 Å². The zero-order valence-corrected chi connectivity index (χ0v) is 13.2. The number of benzene rings is 1. The van der Waals surface area contributed by atoms with Crippen molar-refractivity contribution < 1.29 is 9.47 Å². The van der Waals surface area contributed by atoms with Crippen molar-refractivity contribution in [3.8, 4) is 0 Å². The van der Waals surface area contributed by atoms with Gasteiger partial charge in [0.2, 0.25) is 0 Å². The Bertz CT molecular complexity index is 411. The average molecular weight is 328 g/mol. The maximum Gasteiger partial charge on any atom is 0.0772 e. The molecule has 1 aliphatic carbocycles. The van der Waals surface area contributed by atoms with Crippen molar-refractivity contribution in [3.05, 3.63) is 28.2 Å². The molecule has 1 N–H and O–H groups in total. The maximum atomic E-state index is 5.60. The quantitative estimate of drug-likeness (QED) is 0.887. The number of halogens is 1. The summed E-state index contributed by atoms with van der Waals surface area (Å²) in [5.41, 5.74) is 2.32. The minimum atomic E-state index is 0.308. The fraction of sp³-hybridized carbons (Fsp3) is 0.600. The Morgan fingerprint density at radius 2 is 2.05 bits per heavy atom. The third kappa shape index (κ3) is 3.71. The van der Waals surface area contributed by atoms with Crippen LogP contribution >= 0.6 is 15.9 Å². The molecule has 0 radical (unpaired) electrons. The molecule has 1 aromatic rings. The van der Waals surface area contributed by atoms with Crippen LogP contribution < -0.4 is 5.32 Å². The molecule has 4 heteroatoms. The molecule has 106 valence electrons. The Hall–Kier alpha value is -0.580. The van der Waals surface area contributed by atoms with Gasteiger partial charge in [-0.2, -0.15) is 0 Å². The number of hydrogen-bond acceptors (Lipinski definition) is 3. The zero-order chi connectivity index (χ0) is 13.7. The predicted molar refractivity (Wildman–Crippen MR) is 81.5 cm³/mol. The lowest BCUT2D eigenvalue weighted by Gasteiger charge is -2.32. The smallest absolute Gasteiger partial charge is 0.0772 e. The molecule has 3 nitrogen and oxygen atoms in total. The molecule has 0 heterocycles. The summed E-state index contributed by atoms with van der Waals surface area (Å²) in [7, 11) is 3.53. The fourth-order valence-electron chi connectivity index (χ4n) is 2.73. The molecule has 0 aliphatic heterocycles. The van der Waals surface area contributed by atoms with Crippen LogP contribution in [0.1, 0.15) is 31.2 Å². The Labute approximate surface area is 123 Å². The molecular formula is C15H22BrNO2. The van der Waals surface area contributed by atoms with Crippen LogP contribution in [0.3, 0.4) is 0 Å². The number of nitrogens with one attached hydrogen (secondary N) is 1. The molecule has 1 aliphatic rings. The van der Waals surface area contributed by atoms with Gasteiger partial charge in [0.15, 0.2) is 0 Å². The molecule has 0 bridgehead atoms. The lowest BCUT2D eigenvalue weighted by Crippen LogP contribution is -2.38. The normalized spacial score (nSPS) is 23.3. The lowest BCUT2D eigenvalue weighted by atomic mass is 9.92. The van der Waals surface area contributed by atoms with Crippen molar-refractivity contribution in [2.75, 3.05) is 19.5 Å². The topological polar surface area (TPSA) is 30.5 Å². The van der Waals surface area contributed by atoms with Crippen LogP contribution in [-0.4, -0.2) is 26.4 Å². The third-order valence-electron chi connectivity index (χ3n) is 3.75. The summed E-state index contributed by atoms with van der Waals surface area (Å²) >= 11 is 3.59. The summed E-state index contributed by atoms with van der Waals surface area (Å²) in [5, 5.41) is 3.64. The van der Waals surface area contributed by atoms with Crippen molar-refractivity contribution >= 4 is 21.6 Å². The van der Waals surface area contributed by atoms with Crippen molar-refractivity contribution in [1.29, 1.82) is 0 Å². The highest BCUT2D eigenvalue weighted by Gasteiger charge is 2.25. The van der Waals surface area contributed by atoms with Crippen LogP contribution in [0.25, 0.3) is 0 Å². The summed E-state index contributed by atoms with van der Waals surface area (Å²) in [5.74, 6) is 0. The van der Waals surface area contributed by atoms with Crippen LogP contribution in [0, 0.1) is 0 Å². The van der Waals surface area contributed by atoms with E-state index in [1.165, 1.54) is 18.4 Å². The van der Waals surface area contributed by atoms with Crippen molar-refractivity contribution in [2.45, 2.75) is 44.4 Å². The first-order valence-corrected chi connectivity index (χ1v) is 7.61. The molecule has 2 atom stereocenters. The monoisotopic (exact) mass is 327 g/mol. The number of anilines is 1. The molecule has 0 amide bonds. The SMILES string of the molecule is COCc1c(Br)cccc1NC1CCCCC1OC. The Balaban J connectivity index is 2.15. The van der Waals surface area contributed by atoms with Gasteiger partial charge in [0.05, 0.1) is 18.8 Å². The number of ether oxygens (including phenoxy) is 2. The van der Waals surface area contributed by atoms with E-state index in [1.807, 2.05) is 13.2 Å². The van der Waals surface area contributed by atoms with Gasteiger partial charge in [-0.05, 0) is 25.0 Å². The summed E-state index contributed by atoms with van der Waals surface area (Å²) in [6.07, 6.45) is 5.15. The highest BCUT2D eigenvalue weighted by Crippen LogP contribution is 2.29. The van der Waals surface area contributed by atoms with E-state index < -0.39 is 0 Å². The first kappa shape index (κ1) is 14.8. The summed E-state index contributed by atoms with van der Waals surface area (Å²) in [6, 6.07) is 6.61. The van der Waals surface area contributed by atoms with Crippen molar-refractivity contribution in [2.24, 2.45) is 0 Å². The summed E-state index contributed by atoms with van der Waals surface area (Å²) in [4.78, 5) is 0. The first-order chi connectivity index (χ1) is 9.26. The van der Waals surface area contributed by atoms with E-state index in [4.69, 9.17) is 9.47 Å². The van der Waals surface area contributed by atoms with Gasteiger partial charge >= 0.3 is 0 Å². The molecule has 1 fully saturated rings. The summed E-state index contributed by atoms with van der Waals surface area (Å²) in [6.45, 7) is 0.605. The van der Waals surface area contributed by atoms with E-state index in [2.05, 4.69) is 33.4 Å². The fourth-order valence-corrected chi connectivity index (χ4v) is 3.21. The van der Waals surface area contributed by atoms with Gasteiger partial charge in [-0.1, -0.05) is 34.8 Å². The molecular weight excluding hydrogens is 306 g/mol. The van der Waals surface area contributed by atoms with Crippen LogP contribution in [-0.2, 0) is 16.1 Å². The Morgan fingerprint density at radius 3 is 2.79 bits per heavy atom. The molecule has 2 unspecified atom stereocenters. The van der Waals surface area contributed by atoms with Crippen LogP contribution in [0.15, 0.2) is 22.7 Å². The number of rotatable bonds is 5. The van der Waals surface area contributed by atoms with Gasteiger partial charge in [0, 0.05) is 29.9 Å². The van der Waals surface area contributed by atoms with E-state index in [1.54, 1.807) is 7.11 Å². The second-order valence-corrected chi connectivity index (χ2v) is 5.86. The molecule has 0 saturated heterocycles. The predicted octanol–water partition coefficient (Wildman–Crippen LogP) is 3.97. The van der Waals surface area contributed by atoms with Crippen LogP contribution in [0.4, 0.5) is 5.69 Å². The minimum absolute atomic E-state index is 0.308. The largest absolute Gasteiger partial charge is 0.380 e. The zero-order valence-electron chi connectivity index (χ0n) is 11.6. The molecule has 1 saturated carbocycles. The first-order valence-electron chi connectivity index (χ1n) is 6.82. The second kappa shape index (κ2) is 7.27. The maximum absolute atomic E-state index is 5.60. The van der Waals surface area contributed by atoms with E-state index >= 15 is 0 Å². The van der Waals surface area contributed by atoms with Gasteiger partial charge in [0.25, 0.3) is 0 Å². The van der Waals surface area contributed by atoms with Gasteiger partial charge in [-0.25, -0.2) is 0 Å². The standard InChI is InChI=1S/C15H22BrNO2/c1-18-10-11-12(16)6-5-8-13(11)17-14-7-3-4-9-15(14)19-2/h5-6,8,14-15,17H,3-4,7,9-10H2,1-2H3. The van der Waals surface area contributed by atoms with E-state index in [0.29, 0.717) is 18.8 Å². The molecule has 0 spiro atoms. The highest BCUT2D eigenvalue weighted by molar-refractivity contribution is 9.10. The third-order valence-corrected chi connectivity index (χ3v) is 4.50. The molecule has 2 rings (SSSR count). The highest BCUT2D eigenvalue weighted by atomic mass is 79.9. The van der Waals surface area contributed by atoms with Crippen LogP contribution in [0.5, 0.6) is 0 Å². The number of hydrogen-bond donors (Lipinski definition) is 1. The second-order valence-electron chi connectivity index (χ2n) is 5.01. The van der Waals surface area contributed by atoms with Gasteiger partial charge in [0.1, 0.15) is 0 Å². The average Bonchev–Trinajstić information content (AvgIpc) is 2.43. The molecule has 19 heavy (non-hydrogen) atoms. The lowest BCUT2D eigenvalue weighted by molar-refractivity contribution is 0.0605. The van der Waals surface area contributed by atoms with Gasteiger partial charge in [-0.3, -0.25) is 0 Å². The van der Waals surface area contributed by atoms with Crippen molar-refractivity contribution in [3.63, 3.8) is 0 Å². The molecule has 1 aromatic carbocycles. The summed E-state index contributed by atoms with van der Waals surface area (Å²) < 4.78 is 12.0.